The molecule has 0 radical (unpaired) electrons. The summed E-state index contributed by atoms with van der Waals surface area (Å²) >= 11 is 3.30. The minimum Gasteiger partial charge on any atom is -0.398 e. The van der Waals surface area contributed by atoms with Crippen LogP contribution in [0.2, 0.25) is 0 Å². The quantitative estimate of drug-likeness (QED) is 0.773. The topological polar surface area (TPSA) is 81.4 Å². The highest BCUT2D eigenvalue weighted by molar-refractivity contribution is 9.10. The molecule has 2 unspecified atom stereocenters. The van der Waals surface area contributed by atoms with Crippen LogP contribution in [0.3, 0.4) is 0 Å². The van der Waals surface area contributed by atoms with Gasteiger partial charge in [-0.1, -0.05) is 6.92 Å². The van der Waals surface area contributed by atoms with Crippen LogP contribution in [0.4, 0.5) is 5.69 Å². The Morgan fingerprint density at radius 3 is 2.86 bits per heavy atom. The number of nitrogen functional groups attached to an aromatic ring is 1. The molecule has 0 aliphatic carbocycles. The maximum atomic E-state index is 12.4. The first-order chi connectivity index (χ1) is 9.85. The first-order valence-electron chi connectivity index (χ1n) is 7.02. The first-order valence-corrected chi connectivity index (χ1v) is 9.29. The smallest absolute Gasteiger partial charge is 0.240 e. The second kappa shape index (κ2) is 6.64. The van der Waals surface area contributed by atoms with Gasteiger partial charge in [-0.25, -0.2) is 13.1 Å². The van der Waals surface area contributed by atoms with E-state index in [1.807, 2.05) is 0 Å². The van der Waals surface area contributed by atoms with Crippen LogP contribution in [0, 0.1) is 12.8 Å². The lowest BCUT2D eigenvalue weighted by Crippen LogP contribution is -2.33. The number of sulfonamides is 1. The predicted octanol–water partition coefficient (Wildman–Crippen LogP) is 2.43. The van der Waals surface area contributed by atoms with Crippen molar-refractivity contribution < 1.29 is 13.2 Å². The summed E-state index contributed by atoms with van der Waals surface area (Å²) in [6.45, 7) is 4.91. The molecule has 1 heterocycles. The van der Waals surface area contributed by atoms with E-state index in [4.69, 9.17) is 10.5 Å². The Kier molecular flexibility index (Phi) is 5.29. The molecule has 5 nitrogen and oxygen atoms in total. The molecule has 3 N–H and O–H groups in total. The predicted molar refractivity (Wildman–Crippen MR) is 86.6 cm³/mol. The number of nitrogens with two attached hydrogens (primary N) is 1. The van der Waals surface area contributed by atoms with Gasteiger partial charge in [-0.2, -0.15) is 0 Å². The van der Waals surface area contributed by atoms with E-state index in [0.29, 0.717) is 28.9 Å². The molecule has 1 fully saturated rings. The van der Waals surface area contributed by atoms with Gasteiger partial charge in [-0.15, -0.1) is 0 Å². The van der Waals surface area contributed by atoms with E-state index in [1.165, 1.54) is 6.07 Å². The lowest BCUT2D eigenvalue weighted by molar-refractivity contribution is 0.0884. The first kappa shape index (κ1) is 16.7. The summed E-state index contributed by atoms with van der Waals surface area (Å²) in [7, 11) is -3.56. The molecule has 1 aromatic carbocycles. The van der Waals surface area contributed by atoms with Crippen LogP contribution in [0.1, 0.15) is 25.3 Å². The zero-order chi connectivity index (χ0) is 15.6. The van der Waals surface area contributed by atoms with Gasteiger partial charge in [0.25, 0.3) is 0 Å². The molecular weight excluding hydrogens is 356 g/mol. The van der Waals surface area contributed by atoms with E-state index < -0.39 is 10.0 Å². The van der Waals surface area contributed by atoms with Crippen LogP contribution < -0.4 is 10.5 Å². The van der Waals surface area contributed by atoms with Crippen molar-refractivity contribution in [1.82, 2.24) is 4.72 Å². The number of anilines is 1. The van der Waals surface area contributed by atoms with Crippen molar-refractivity contribution in [1.29, 1.82) is 0 Å². The number of nitrogens with one attached hydrogen (secondary N) is 1. The fourth-order valence-electron chi connectivity index (χ4n) is 2.63. The SMILES string of the molecule is CCC1OCCC1CNS(=O)(=O)c1cc(N)c(Br)cc1C. The lowest BCUT2D eigenvalue weighted by atomic mass is 10.0. The van der Waals surface area contributed by atoms with E-state index in [0.717, 1.165) is 12.8 Å². The van der Waals surface area contributed by atoms with Crippen molar-refractivity contribution >= 4 is 31.6 Å². The van der Waals surface area contributed by atoms with Crippen molar-refractivity contribution in [2.75, 3.05) is 18.9 Å². The minimum absolute atomic E-state index is 0.142. The fourth-order valence-corrected chi connectivity index (χ4v) is 4.44. The molecule has 0 amide bonds. The largest absolute Gasteiger partial charge is 0.398 e. The van der Waals surface area contributed by atoms with E-state index in [1.54, 1.807) is 13.0 Å². The van der Waals surface area contributed by atoms with Gasteiger partial charge in [-0.3, -0.25) is 0 Å². The maximum Gasteiger partial charge on any atom is 0.240 e. The van der Waals surface area contributed by atoms with Crippen LogP contribution in [0.25, 0.3) is 0 Å². The Labute approximate surface area is 134 Å². The van der Waals surface area contributed by atoms with Gasteiger partial charge in [0.1, 0.15) is 0 Å². The number of hydrogen-bond acceptors (Lipinski definition) is 4. The molecule has 21 heavy (non-hydrogen) atoms. The maximum absolute atomic E-state index is 12.4. The third kappa shape index (κ3) is 3.77. The number of hydrogen-bond donors (Lipinski definition) is 2. The molecule has 0 saturated carbocycles. The summed E-state index contributed by atoms with van der Waals surface area (Å²) in [5.74, 6) is 0.234. The second-order valence-corrected chi connectivity index (χ2v) is 7.95. The highest BCUT2D eigenvalue weighted by Crippen LogP contribution is 2.27. The third-order valence-corrected chi connectivity index (χ3v) is 6.12. The Bertz CT molecular complexity index is 619. The van der Waals surface area contributed by atoms with Crippen molar-refractivity contribution in [3.63, 3.8) is 0 Å². The molecule has 0 bridgehead atoms. The standard InChI is InChI=1S/C14H21BrN2O3S/c1-3-13-10(4-5-20-13)8-17-21(18,19)14-7-12(16)11(15)6-9(14)2/h6-7,10,13,17H,3-5,8,16H2,1-2H3. The van der Waals surface area contributed by atoms with Crippen LogP contribution in [0.15, 0.2) is 21.5 Å². The molecule has 7 heteroatoms. The molecule has 1 aliphatic rings. The summed E-state index contributed by atoms with van der Waals surface area (Å²) in [5.41, 5.74) is 6.87. The lowest BCUT2D eigenvalue weighted by Gasteiger charge is -2.18. The monoisotopic (exact) mass is 376 g/mol. The van der Waals surface area contributed by atoms with E-state index in [-0.39, 0.29) is 16.9 Å². The molecule has 2 atom stereocenters. The van der Waals surface area contributed by atoms with Gasteiger partial charge in [0.15, 0.2) is 0 Å². The average molecular weight is 377 g/mol. The normalized spacial score (nSPS) is 22.6. The van der Waals surface area contributed by atoms with Crippen molar-refractivity contribution in [2.24, 2.45) is 5.92 Å². The highest BCUT2D eigenvalue weighted by Gasteiger charge is 2.28. The van der Waals surface area contributed by atoms with Crippen molar-refractivity contribution in [3.05, 3.63) is 22.2 Å². The van der Waals surface area contributed by atoms with Gasteiger partial charge in [-0.05, 0) is 53.4 Å². The Hall–Kier alpha value is -0.630. The zero-order valence-corrected chi connectivity index (χ0v) is 14.6. The van der Waals surface area contributed by atoms with Crippen molar-refractivity contribution in [2.45, 2.75) is 37.7 Å². The van der Waals surface area contributed by atoms with Crippen molar-refractivity contribution in [3.8, 4) is 0 Å². The van der Waals surface area contributed by atoms with Gasteiger partial charge >= 0.3 is 0 Å². The molecule has 0 aromatic heterocycles. The summed E-state index contributed by atoms with van der Waals surface area (Å²) in [6, 6.07) is 3.21. The van der Waals surface area contributed by atoms with Crippen LogP contribution >= 0.6 is 15.9 Å². The molecule has 2 rings (SSSR count). The van der Waals surface area contributed by atoms with E-state index in [9.17, 15) is 8.42 Å². The summed E-state index contributed by atoms with van der Waals surface area (Å²) in [4.78, 5) is 0.232. The second-order valence-electron chi connectivity index (χ2n) is 5.36. The van der Waals surface area contributed by atoms with Crippen LogP contribution in [-0.4, -0.2) is 27.7 Å². The van der Waals surface area contributed by atoms with Gasteiger partial charge in [0.05, 0.1) is 11.0 Å². The van der Waals surface area contributed by atoms with Gasteiger partial charge in [0, 0.05) is 29.2 Å². The fraction of sp³-hybridized carbons (Fsp3) is 0.571. The Morgan fingerprint density at radius 2 is 2.19 bits per heavy atom. The average Bonchev–Trinajstić information content (AvgIpc) is 2.88. The van der Waals surface area contributed by atoms with Crippen LogP contribution in [0.5, 0.6) is 0 Å². The molecular formula is C14H21BrN2O3S. The van der Waals surface area contributed by atoms with Crippen LogP contribution in [-0.2, 0) is 14.8 Å². The molecule has 1 aliphatic heterocycles. The highest BCUT2D eigenvalue weighted by atomic mass is 79.9. The van der Waals surface area contributed by atoms with E-state index in [2.05, 4.69) is 27.6 Å². The number of halogens is 1. The number of ether oxygens (including phenoxy) is 1. The minimum atomic E-state index is -3.56. The number of rotatable bonds is 5. The van der Waals surface area contributed by atoms with Gasteiger partial charge < -0.3 is 10.5 Å². The molecule has 0 spiro atoms. The zero-order valence-electron chi connectivity index (χ0n) is 12.2. The molecule has 1 saturated heterocycles. The molecule has 118 valence electrons. The van der Waals surface area contributed by atoms with E-state index >= 15 is 0 Å². The molecule has 1 aromatic rings. The summed E-state index contributed by atoms with van der Waals surface area (Å²) in [6.07, 6.45) is 1.93. The number of benzene rings is 1. The number of aryl methyl sites for hydroxylation is 1. The summed E-state index contributed by atoms with van der Waals surface area (Å²) in [5, 5.41) is 0. The summed E-state index contributed by atoms with van der Waals surface area (Å²) < 4.78 is 33.9. The Balaban J connectivity index is 2.14. The Morgan fingerprint density at radius 1 is 1.48 bits per heavy atom. The third-order valence-electron chi connectivity index (χ3n) is 3.87. The van der Waals surface area contributed by atoms with Gasteiger partial charge in [0.2, 0.25) is 10.0 Å².